The van der Waals surface area contributed by atoms with E-state index >= 15 is 0 Å². The average Bonchev–Trinajstić information content (AvgIpc) is 2.31. The van der Waals surface area contributed by atoms with Crippen LogP contribution in [-0.4, -0.2) is 24.8 Å². The van der Waals surface area contributed by atoms with Gasteiger partial charge in [0.25, 0.3) is 0 Å². The number of hydrogen-bond acceptors (Lipinski definition) is 3. The summed E-state index contributed by atoms with van der Waals surface area (Å²) in [4.78, 5) is 10.4. The third-order valence-corrected chi connectivity index (χ3v) is 1.79. The fraction of sp³-hybridized carbons (Fsp3) is 0.875. The molecule has 64 valence electrons. The Hall–Kier alpha value is -0.570. The molecule has 1 rings (SSSR count). The van der Waals surface area contributed by atoms with E-state index in [-0.39, 0.29) is 12.1 Å². The van der Waals surface area contributed by atoms with E-state index in [1.54, 1.807) is 0 Å². The van der Waals surface area contributed by atoms with Gasteiger partial charge in [-0.2, -0.15) is 0 Å². The Balaban J connectivity index is 2.13. The van der Waals surface area contributed by atoms with Crippen LogP contribution in [0.4, 0.5) is 0 Å². The quantitative estimate of drug-likeness (QED) is 0.565. The zero-order valence-corrected chi connectivity index (χ0v) is 7.00. The van der Waals surface area contributed by atoms with Gasteiger partial charge in [0.05, 0.1) is 12.2 Å². The van der Waals surface area contributed by atoms with E-state index in [1.807, 2.05) is 6.92 Å². The molecule has 1 aliphatic rings. The summed E-state index contributed by atoms with van der Waals surface area (Å²) in [6.07, 6.45) is 2.55. The van der Waals surface area contributed by atoms with Crippen LogP contribution in [-0.2, 0) is 14.3 Å². The Labute approximate surface area is 66.7 Å². The van der Waals surface area contributed by atoms with E-state index in [2.05, 4.69) is 0 Å². The number of carbonyl (C=O) groups is 1. The van der Waals surface area contributed by atoms with Crippen LogP contribution in [0.3, 0.4) is 0 Å². The highest BCUT2D eigenvalue weighted by molar-refractivity contribution is 5.65. The molecule has 1 fully saturated rings. The van der Waals surface area contributed by atoms with Gasteiger partial charge in [-0.15, -0.1) is 0 Å². The van der Waals surface area contributed by atoms with Crippen molar-refractivity contribution >= 4 is 5.97 Å². The lowest BCUT2D eigenvalue weighted by atomic mass is 10.2. The first-order chi connectivity index (χ1) is 5.18. The van der Waals surface area contributed by atoms with Gasteiger partial charge < -0.3 is 9.47 Å². The molecule has 3 nitrogen and oxygen atoms in total. The Kier molecular flexibility index (Phi) is 2.88. The molecule has 0 radical (unpaired) electrons. The fourth-order valence-corrected chi connectivity index (χ4v) is 1.22. The number of carbonyl (C=O) groups excluding carboxylic acids is 1. The maximum absolute atomic E-state index is 10.4. The van der Waals surface area contributed by atoms with Crippen LogP contribution in [0.1, 0.15) is 26.7 Å². The predicted octanol–water partition coefficient (Wildman–Crippen LogP) is 1.12. The van der Waals surface area contributed by atoms with E-state index in [1.165, 1.54) is 6.92 Å². The van der Waals surface area contributed by atoms with Crippen molar-refractivity contribution in [3.05, 3.63) is 0 Å². The molecule has 0 aromatic heterocycles. The molecule has 1 heterocycles. The Morgan fingerprint density at radius 1 is 1.64 bits per heavy atom. The number of hydrogen-bond donors (Lipinski definition) is 0. The SMILES string of the molecule is CC(=O)OCC1CCC(C)O1. The van der Waals surface area contributed by atoms with Crippen LogP contribution in [0.2, 0.25) is 0 Å². The molecule has 0 amide bonds. The van der Waals surface area contributed by atoms with E-state index in [9.17, 15) is 4.79 Å². The lowest BCUT2D eigenvalue weighted by molar-refractivity contribution is -0.144. The smallest absolute Gasteiger partial charge is 0.302 e. The van der Waals surface area contributed by atoms with Crippen molar-refractivity contribution in [3.63, 3.8) is 0 Å². The van der Waals surface area contributed by atoms with Crippen molar-refractivity contribution in [1.29, 1.82) is 0 Å². The third-order valence-electron chi connectivity index (χ3n) is 1.79. The monoisotopic (exact) mass is 158 g/mol. The van der Waals surface area contributed by atoms with Gasteiger partial charge in [0.15, 0.2) is 0 Å². The van der Waals surface area contributed by atoms with Gasteiger partial charge in [-0.3, -0.25) is 4.79 Å². The van der Waals surface area contributed by atoms with E-state index < -0.39 is 0 Å². The number of esters is 1. The van der Waals surface area contributed by atoms with Crippen molar-refractivity contribution < 1.29 is 14.3 Å². The Bertz CT molecular complexity index is 144. The molecule has 0 spiro atoms. The summed E-state index contributed by atoms with van der Waals surface area (Å²) in [5, 5.41) is 0. The van der Waals surface area contributed by atoms with Gasteiger partial charge in [0.2, 0.25) is 0 Å². The largest absolute Gasteiger partial charge is 0.463 e. The summed E-state index contributed by atoms with van der Waals surface area (Å²) < 4.78 is 10.2. The van der Waals surface area contributed by atoms with Crippen molar-refractivity contribution in [2.24, 2.45) is 0 Å². The average molecular weight is 158 g/mol. The zero-order chi connectivity index (χ0) is 8.27. The summed E-state index contributed by atoms with van der Waals surface area (Å²) in [5.41, 5.74) is 0. The minimum atomic E-state index is -0.229. The maximum Gasteiger partial charge on any atom is 0.302 e. The summed E-state index contributed by atoms with van der Waals surface area (Å²) in [5.74, 6) is -0.229. The second kappa shape index (κ2) is 3.72. The lowest BCUT2D eigenvalue weighted by Crippen LogP contribution is -2.17. The molecule has 2 unspecified atom stereocenters. The van der Waals surface area contributed by atoms with E-state index in [4.69, 9.17) is 9.47 Å². The molecule has 0 saturated carbocycles. The van der Waals surface area contributed by atoms with Crippen molar-refractivity contribution in [2.75, 3.05) is 6.61 Å². The maximum atomic E-state index is 10.4. The second-order valence-electron chi connectivity index (χ2n) is 2.95. The number of ether oxygens (including phenoxy) is 2. The van der Waals surface area contributed by atoms with Gasteiger partial charge >= 0.3 is 5.97 Å². The predicted molar refractivity (Wildman–Crippen MR) is 40.2 cm³/mol. The normalized spacial score (nSPS) is 30.4. The summed E-state index contributed by atoms with van der Waals surface area (Å²) in [6.45, 7) is 3.87. The first-order valence-corrected chi connectivity index (χ1v) is 3.97. The van der Waals surface area contributed by atoms with Crippen LogP contribution in [0.25, 0.3) is 0 Å². The van der Waals surface area contributed by atoms with Gasteiger partial charge in [0, 0.05) is 6.92 Å². The lowest BCUT2D eigenvalue weighted by Gasteiger charge is -2.09. The van der Waals surface area contributed by atoms with Gasteiger partial charge in [0.1, 0.15) is 6.61 Å². The molecule has 3 heteroatoms. The van der Waals surface area contributed by atoms with Crippen LogP contribution in [0.15, 0.2) is 0 Å². The second-order valence-corrected chi connectivity index (χ2v) is 2.95. The van der Waals surface area contributed by atoms with Crippen LogP contribution in [0.5, 0.6) is 0 Å². The third kappa shape index (κ3) is 2.89. The van der Waals surface area contributed by atoms with Crippen molar-refractivity contribution in [2.45, 2.75) is 38.9 Å². The van der Waals surface area contributed by atoms with Crippen molar-refractivity contribution in [1.82, 2.24) is 0 Å². The molecule has 11 heavy (non-hydrogen) atoms. The molecule has 0 aromatic carbocycles. The molecule has 0 bridgehead atoms. The Morgan fingerprint density at radius 3 is 2.82 bits per heavy atom. The van der Waals surface area contributed by atoms with Gasteiger partial charge in [-0.1, -0.05) is 0 Å². The summed E-state index contributed by atoms with van der Waals surface area (Å²) in [7, 11) is 0. The number of rotatable bonds is 2. The fourth-order valence-electron chi connectivity index (χ4n) is 1.22. The van der Waals surface area contributed by atoms with Crippen LogP contribution >= 0.6 is 0 Å². The van der Waals surface area contributed by atoms with E-state index in [0.717, 1.165) is 12.8 Å². The molecule has 1 aliphatic heterocycles. The first-order valence-electron chi connectivity index (χ1n) is 3.97. The molecule has 1 saturated heterocycles. The molecule has 2 atom stereocenters. The molecular weight excluding hydrogens is 144 g/mol. The van der Waals surface area contributed by atoms with Crippen molar-refractivity contribution in [3.8, 4) is 0 Å². The summed E-state index contributed by atoms with van der Waals surface area (Å²) in [6, 6.07) is 0. The van der Waals surface area contributed by atoms with E-state index in [0.29, 0.717) is 12.7 Å². The minimum absolute atomic E-state index is 0.133. The topological polar surface area (TPSA) is 35.5 Å². The highest BCUT2D eigenvalue weighted by Gasteiger charge is 2.22. The standard InChI is InChI=1S/C8H14O3/c1-6-3-4-8(11-6)5-10-7(2)9/h6,8H,3-5H2,1-2H3. The highest BCUT2D eigenvalue weighted by Crippen LogP contribution is 2.18. The highest BCUT2D eigenvalue weighted by atomic mass is 16.6. The van der Waals surface area contributed by atoms with Gasteiger partial charge in [-0.25, -0.2) is 0 Å². The molecular formula is C8H14O3. The zero-order valence-electron chi connectivity index (χ0n) is 7.00. The molecule has 0 aromatic rings. The Morgan fingerprint density at radius 2 is 2.36 bits per heavy atom. The van der Waals surface area contributed by atoms with Crippen LogP contribution < -0.4 is 0 Å². The van der Waals surface area contributed by atoms with Crippen LogP contribution in [0, 0.1) is 0 Å². The first kappa shape index (κ1) is 8.53. The summed E-state index contributed by atoms with van der Waals surface area (Å²) >= 11 is 0. The minimum Gasteiger partial charge on any atom is -0.463 e. The molecule has 0 aliphatic carbocycles. The van der Waals surface area contributed by atoms with Gasteiger partial charge in [-0.05, 0) is 19.8 Å². The molecule has 0 N–H and O–H groups in total.